The predicted octanol–water partition coefficient (Wildman–Crippen LogP) is 10.5. The molecule has 0 bridgehead atoms. The fourth-order valence-corrected chi connectivity index (χ4v) is 4.77. The normalized spacial score (nSPS) is 11.1. The molecule has 0 amide bonds. The van der Waals surface area contributed by atoms with Gasteiger partial charge in [-0.3, -0.25) is 0 Å². The number of hydrogen-bond donors (Lipinski definition) is 0. The molecule has 0 aliphatic heterocycles. The summed E-state index contributed by atoms with van der Waals surface area (Å²) in [5, 5.41) is 6.76. The van der Waals surface area contributed by atoms with Gasteiger partial charge in [0.15, 0.2) is 0 Å². The fraction of sp³-hybridized carbons (Fsp3) is 0. The van der Waals surface area contributed by atoms with E-state index in [0.717, 1.165) is 45.1 Å². The van der Waals surface area contributed by atoms with E-state index in [1.54, 1.807) is 0 Å². The Morgan fingerprint density at radius 1 is 0.333 bits per heavy atom. The highest BCUT2D eigenvalue weighted by Crippen LogP contribution is 2.34. The first kappa shape index (κ1) is 26.5. The van der Waals surface area contributed by atoms with Crippen molar-refractivity contribution in [1.82, 2.24) is 0 Å². The van der Waals surface area contributed by atoms with Gasteiger partial charge in [-0.2, -0.15) is 5.10 Å². The molecule has 0 atom stereocenters. The Morgan fingerprint density at radius 2 is 0.667 bits per heavy atom. The van der Waals surface area contributed by atoms with Gasteiger partial charge in [-0.15, -0.1) is 0 Å². The highest BCUT2D eigenvalue weighted by Gasteiger charge is 2.11. The van der Waals surface area contributed by atoms with Crippen LogP contribution in [0.4, 0.5) is 28.4 Å². The Kier molecular flexibility index (Phi) is 8.29. The van der Waals surface area contributed by atoms with E-state index < -0.39 is 0 Å². The van der Waals surface area contributed by atoms with Gasteiger partial charge in [0.25, 0.3) is 0 Å². The molecule has 0 aromatic heterocycles. The lowest BCUT2D eigenvalue weighted by Crippen LogP contribution is -2.09. The molecule has 6 rings (SSSR count). The van der Waals surface area contributed by atoms with Crippen molar-refractivity contribution in [1.29, 1.82) is 0 Å². The lowest BCUT2D eigenvalue weighted by atomic mass is 10.1. The summed E-state index contributed by atoms with van der Waals surface area (Å²) >= 11 is 0. The van der Waals surface area contributed by atoms with Gasteiger partial charge in [-0.05, 0) is 77.4 Å². The van der Waals surface area contributed by atoms with Crippen LogP contribution in [0.25, 0.3) is 12.2 Å². The molecule has 0 N–H and O–H groups in total. The maximum absolute atomic E-state index is 4.81. The molecule has 6 aromatic rings. The topological polar surface area (TPSA) is 18.8 Å². The van der Waals surface area contributed by atoms with Crippen LogP contribution in [0.15, 0.2) is 175 Å². The first-order valence-corrected chi connectivity index (χ1v) is 14.1. The first-order chi connectivity index (χ1) is 20.8. The van der Waals surface area contributed by atoms with E-state index in [-0.39, 0.29) is 0 Å². The van der Waals surface area contributed by atoms with Crippen molar-refractivity contribution in [3.05, 3.63) is 187 Å². The van der Waals surface area contributed by atoms with E-state index >= 15 is 0 Å². The average molecular weight is 542 g/mol. The quantitative estimate of drug-likeness (QED) is 0.103. The molecule has 6 aromatic carbocycles. The summed E-state index contributed by atoms with van der Waals surface area (Å²) in [6.07, 6.45) is 6.19. The van der Waals surface area contributed by atoms with E-state index in [1.807, 2.05) is 59.8 Å². The zero-order valence-corrected chi connectivity index (χ0v) is 23.2. The summed E-state index contributed by atoms with van der Waals surface area (Å²) in [5.74, 6) is 0. The number of hydrogen-bond acceptors (Lipinski definition) is 3. The minimum absolute atomic E-state index is 1.01. The molecule has 3 nitrogen and oxygen atoms in total. The number of benzene rings is 6. The first-order valence-electron chi connectivity index (χ1n) is 14.1. The van der Waals surface area contributed by atoms with Crippen LogP contribution in [0.1, 0.15) is 16.7 Å². The summed E-state index contributed by atoms with van der Waals surface area (Å²) in [6.45, 7) is 0. The molecule has 0 spiro atoms. The smallest absolute Gasteiger partial charge is 0.0652 e. The Morgan fingerprint density at radius 3 is 1.10 bits per heavy atom. The monoisotopic (exact) mass is 541 g/mol. The Balaban J connectivity index is 1.16. The molecule has 202 valence electrons. The zero-order chi connectivity index (χ0) is 28.4. The molecule has 0 saturated heterocycles. The number of nitrogens with zero attached hydrogens (tertiary/aromatic N) is 3. The van der Waals surface area contributed by atoms with Crippen LogP contribution in [0.5, 0.6) is 0 Å². The summed E-state index contributed by atoms with van der Waals surface area (Å²) in [7, 11) is 0. The van der Waals surface area contributed by atoms with Gasteiger partial charge in [0, 0.05) is 17.1 Å². The van der Waals surface area contributed by atoms with Crippen LogP contribution < -0.4 is 9.91 Å². The van der Waals surface area contributed by atoms with Gasteiger partial charge in [-0.25, -0.2) is 5.01 Å². The maximum atomic E-state index is 4.81. The van der Waals surface area contributed by atoms with Gasteiger partial charge < -0.3 is 4.90 Å². The van der Waals surface area contributed by atoms with E-state index in [0.29, 0.717) is 0 Å². The third-order valence-electron chi connectivity index (χ3n) is 6.91. The van der Waals surface area contributed by atoms with Crippen molar-refractivity contribution in [2.24, 2.45) is 5.10 Å². The third-order valence-corrected chi connectivity index (χ3v) is 6.91. The standard InChI is InChI=1S/C39H31N3/c1-5-13-35(14-6-1)41(36-15-7-2-8-16-36)37-29-27-33(28-30-37)22-21-32-23-25-34(26-24-32)31-40-42(38-17-9-3-10-18-38)39-19-11-4-12-20-39/h1-31H/b22-21+,40-31+. The van der Waals surface area contributed by atoms with Crippen LogP contribution in [0, 0.1) is 0 Å². The van der Waals surface area contributed by atoms with Gasteiger partial charge in [0.2, 0.25) is 0 Å². The SMILES string of the molecule is C(=C\c1ccc(N(c2ccccc2)c2ccccc2)cc1)/c1ccc(/C=N/N(c2ccccc2)c2ccccc2)cc1. The van der Waals surface area contributed by atoms with Gasteiger partial charge >= 0.3 is 0 Å². The van der Waals surface area contributed by atoms with Crippen molar-refractivity contribution in [2.75, 3.05) is 9.91 Å². The third kappa shape index (κ3) is 6.55. The second kappa shape index (κ2) is 13.1. The van der Waals surface area contributed by atoms with E-state index in [2.05, 4.69) is 138 Å². The molecular formula is C39H31N3. The van der Waals surface area contributed by atoms with Crippen LogP contribution in [-0.2, 0) is 0 Å². The van der Waals surface area contributed by atoms with Gasteiger partial charge in [0.1, 0.15) is 0 Å². The molecule has 3 heteroatoms. The van der Waals surface area contributed by atoms with Crippen molar-refractivity contribution in [3.63, 3.8) is 0 Å². The second-order valence-corrected chi connectivity index (χ2v) is 9.83. The van der Waals surface area contributed by atoms with Crippen LogP contribution in [0.2, 0.25) is 0 Å². The van der Waals surface area contributed by atoms with Gasteiger partial charge in [0.05, 0.1) is 17.6 Å². The number of hydrazone groups is 1. The Hall–Kier alpha value is -5.67. The highest BCUT2D eigenvalue weighted by molar-refractivity contribution is 5.83. The minimum Gasteiger partial charge on any atom is -0.311 e. The fourth-order valence-electron chi connectivity index (χ4n) is 4.77. The molecule has 0 heterocycles. The van der Waals surface area contributed by atoms with Crippen molar-refractivity contribution < 1.29 is 0 Å². The maximum Gasteiger partial charge on any atom is 0.0652 e. The lowest BCUT2D eigenvalue weighted by molar-refractivity contribution is 1.09. The van der Waals surface area contributed by atoms with Crippen LogP contribution in [0.3, 0.4) is 0 Å². The van der Waals surface area contributed by atoms with Crippen molar-refractivity contribution >= 4 is 46.8 Å². The summed E-state index contributed by atoms with van der Waals surface area (Å²) in [5.41, 5.74) is 8.73. The van der Waals surface area contributed by atoms with Crippen LogP contribution in [-0.4, -0.2) is 6.21 Å². The highest BCUT2D eigenvalue weighted by atomic mass is 15.5. The number of rotatable bonds is 9. The molecule has 0 unspecified atom stereocenters. The van der Waals surface area contributed by atoms with E-state index in [1.165, 1.54) is 0 Å². The molecular weight excluding hydrogens is 510 g/mol. The molecule has 0 saturated carbocycles. The largest absolute Gasteiger partial charge is 0.311 e. The molecule has 0 aliphatic rings. The number of para-hydroxylation sites is 4. The molecule has 0 fully saturated rings. The van der Waals surface area contributed by atoms with Crippen molar-refractivity contribution in [3.8, 4) is 0 Å². The number of anilines is 5. The average Bonchev–Trinajstić information content (AvgIpc) is 3.07. The Labute approximate surface area is 248 Å². The molecule has 0 aliphatic carbocycles. The predicted molar refractivity (Wildman–Crippen MR) is 179 cm³/mol. The van der Waals surface area contributed by atoms with E-state index in [4.69, 9.17) is 5.10 Å². The van der Waals surface area contributed by atoms with Crippen LogP contribution >= 0.6 is 0 Å². The lowest BCUT2D eigenvalue weighted by Gasteiger charge is -2.25. The van der Waals surface area contributed by atoms with Gasteiger partial charge in [-0.1, -0.05) is 121 Å². The Bertz CT molecular complexity index is 1650. The van der Waals surface area contributed by atoms with Crippen molar-refractivity contribution in [2.45, 2.75) is 0 Å². The molecule has 42 heavy (non-hydrogen) atoms. The summed E-state index contributed by atoms with van der Waals surface area (Å²) in [6, 6.07) is 58.4. The van der Waals surface area contributed by atoms with E-state index in [9.17, 15) is 0 Å². The minimum atomic E-state index is 1.01. The summed E-state index contributed by atoms with van der Waals surface area (Å²) in [4.78, 5) is 2.27. The molecule has 0 radical (unpaired) electrons. The second-order valence-electron chi connectivity index (χ2n) is 9.83. The zero-order valence-electron chi connectivity index (χ0n) is 23.2. The summed E-state index contributed by atoms with van der Waals surface area (Å²) < 4.78 is 0.